The molecule has 8 nitrogen and oxygen atoms in total. The molecule has 0 spiro atoms. The van der Waals surface area contributed by atoms with Crippen LogP contribution in [0.3, 0.4) is 0 Å². The van der Waals surface area contributed by atoms with Gasteiger partial charge in [-0.1, -0.05) is 0 Å². The van der Waals surface area contributed by atoms with Crippen molar-refractivity contribution in [1.82, 2.24) is 10.6 Å². The number of alkyl carbamates (subject to hydrolysis) is 2. The average Bonchev–Trinajstić information content (AvgIpc) is 2.34. The third kappa shape index (κ3) is 17.6. The Hall–Kier alpha value is -2.48. The average molecular weight is 340 g/mol. The van der Waals surface area contributed by atoms with Gasteiger partial charge in [0.2, 0.25) is 0 Å². The maximum atomic E-state index is 10.9. The molecule has 136 valence electrons. The van der Waals surface area contributed by atoms with Crippen molar-refractivity contribution in [3.8, 4) is 12.1 Å². The van der Waals surface area contributed by atoms with Crippen molar-refractivity contribution in [1.29, 1.82) is 10.5 Å². The first-order chi connectivity index (χ1) is 10.7. The zero-order valence-corrected chi connectivity index (χ0v) is 15.7. The number of nitrogens with zero attached hydrogens (tertiary/aromatic N) is 2. The maximum absolute atomic E-state index is 10.9. The van der Waals surface area contributed by atoms with Gasteiger partial charge in [-0.25, -0.2) is 9.59 Å². The molecule has 0 saturated heterocycles. The van der Waals surface area contributed by atoms with Gasteiger partial charge < -0.3 is 20.1 Å². The van der Waals surface area contributed by atoms with Gasteiger partial charge in [-0.15, -0.1) is 0 Å². The van der Waals surface area contributed by atoms with Gasteiger partial charge in [0.15, 0.2) is 0 Å². The molecule has 0 heterocycles. The third-order valence-corrected chi connectivity index (χ3v) is 1.85. The lowest BCUT2D eigenvalue weighted by Gasteiger charge is -2.20. The molecule has 0 aliphatic rings. The summed E-state index contributed by atoms with van der Waals surface area (Å²) in [6.07, 6.45) is -1.12. The van der Waals surface area contributed by atoms with Crippen LogP contribution in [-0.2, 0) is 9.47 Å². The van der Waals surface area contributed by atoms with Gasteiger partial charge in [-0.2, -0.15) is 10.5 Å². The maximum Gasteiger partial charge on any atom is 0.408 e. The van der Waals surface area contributed by atoms with Gasteiger partial charge >= 0.3 is 12.2 Å². The van der Waals surface area contributed by atoms with Crippen molar-refractivity contribution in [2.24, 2.45) is 0 Å². The Labute approximate surface area is 144 Å². The Balaban J connectivity index is 0. The van der Waals surface area contributed by atoms with E-state index in [1.165, 1.54) is 0 Å². The van der Waals surface area contributed by atoms with Crippen molar-refractivity contribution in [3.05, 3.63) is 0 Å². The fourth-order valence-electron chi connectivity index (χ4n) is 1.03. The molecular formula is C16H28N4O4. The molecule has 0 aliphatic carbocycles. The van der Waals surface area contributed by atoms with Gasteiger partial charge in [-0.05, 0) is 55.4 Å². The summed E-state index contributed by atoms with van der Waals surface area (Å²) in [5.41, 5.74) is -1.03. The lowest BCUT2D eigenvalue weighted by Crippen LogP contribution is -2.36. The first-order valence-corrected chi connectivity index (χ1v) is 7.48. The van der Waals surface area contributed by atoms with E-state index in [9.17, 15) is 9.59 Å². The Morgan fingerprint density at radius 1 is 0.792 bits per heavy atom. The van der Waals surface area contributed by atoms with E-state index in [4.69, 9.17) is 20.0 Å². The first-order valence-electron chi connectivity index (χ1n) is 7.48. The number of carbonyl (C=O) groups is 2. The predicted octanol–water partition coefficient (Wildman–Crippen LogP) is 2.85. The predicted molar refractivity (Wildman–Crippen MR) is 88.9 cm³/mol. The number of hydrogen-bond donors (Lipinski definition) is 2. The topological polar surface area (TPSA) is 124 Å². The fourth-order valence-corrected chi connectivity index (χ4v) is 1.03. The van der Waals surface area contributed by atoms with Crippen LogP contribution in [-0.4, -0.2) is 35.5 Å². The van der Waals surface area contributed by atoms with Crippen molar-refractivity contribution in [2.45, 2.75) is 78.7 Å². The molecule has 0 unspecified atom stereocenters. The first kappa shape index (κ1) is 23.8. The van der Waals surface area contributed by atoms with Crippen LogP contribution in [0.4, 0.5) is 9.59 Å². The van der Waals surface area contributed by atoms with Crippen LogP contribution in [0.15, 0.2) is 0 Å². The summed E-state index contributed by atoms with van der Waals surface area (Å²) in [6.45, 7) is 13.8. The second-order valence-electron chi connectivity index (χ2n) is 6.99. The van der Waals surface area contributed by atoms with Crippen LogP contribution in [0.2, 0.25) is 0 Å². The summed E-state index contributed by atoms with van der Waals surface area (Å²) in [5.74, 6) is 0. The largest absolute Gasteiger partial charge is 0.444 e. The lowest BCUT2D eigenvalue weighted by atomic mass is 10.2. The van der Waals surface area contributed by atoms with Gasteiger partial charge in [0.25, 0.3) is 0 Å². The smallest absolute Gasteiger partial charge is 0.408 e. The normalized spacial score (nSPS) is 12.9. The number of carbonyl (C=O) groups excluding carboxylic acids is 2. The Morgan fingerprint density at radius 3 is 1.21 bits per heavy atom. The van der Waals surface area contributed by atoms with E-state index in [1.807, 2.05) is 12.1 Å². The van der Waals surface area contributed by atoms with Crippen LogP contribution >= 0.6 is 0 Å². The number of nitrogens with one attached hydrogen (secondary N) is 2. The van der Waals surface area contributed by atoms with Crippen molar-refractivity contribution < 1.29 is 19.1 Å². The highest BCUT2D eigenvalue weighted by Crippen LogP contribution is 2.07. The summed E-state index contributed by atoms with van der Waals surface area (Å²) in [6, 6.07) is 2.71. The highest BCUT2D eigenvalue weighted by atomic mass is 16.6. The number of amides is 2. The molecule has 8 heteroatoms. The minimum Gasteiger partial charge on any atom is -0.444 e. The van der Waals surface area contributed by atoms with E-state index in [-0.39, 0.29) is 0 Å². The summed E-state index contributed by atoms with van der Waals surface area (Å²) in [4.78, 5) is 21.9. The Kier molecular flexibility index (Phi) is 10.2. The molecule has 2 amide bonds. The molecule has 2 atom stereocenters. The zero-order chi connectivity index (χ0) is 19.6. The number of rotatable bonds is 2. The van der Waals surface area contributed by atoms with E-state index in [0.717, 1.165) is 0 Å². The molecule has 0 rings (SSSR count). The quantitative estimate of drug-likeness (QED) is 0.796. The van der Waals surface area contributed by atoms with E-state index >= 15 is 0 Å². The molecule has 0 fully saturated rings. The summed E-state index contributed by atoms with van der Waals surface area (Å²) in [5, 5.41) is 21.5. The monoisotopic (exact) mass is 340 g/mol. The van der Waals surface area contributed by atoms with Crippen LogP contribution in [0, 0.1) is 22.7 Å². The molecule has 0 bridgehead atoms. The molecule has 24 heavy (non-hydrogen) atoms. The number of hydrogen-bond acceptors (Lipinski definition) is 6. The highest BCUT2D eigenvalue weighted by molar-refractivity contribution is 5.68. The van der Waals surface area contributed by atoms with Crippen molar-refractivity contribution in [2.75, 3.05) is 0 Å². The van der Waals surface area contributed by atoms with Crippen molar-refractivity contribution in [3.63, 3.8) is 0 Å². The summed E-state index contributed by atoms with van der Waals surface area (Å²) < 4.78 is 9.82. The second-order valence-corrected chi connectivity index (χ2v) is 6.99. The van der Waals surface area contributed by atoms with E-state index < -0.39 is 35.5 Å². The zero-order valence-electron chi connectivity index (χ0n) is 15.7. The number of nitriles is 2. The molecule has 0 aromatic heterocycles. The standard InChI is InChI=1S/2C8H14N2O2/c2*1-6(5-9)10-7(11)12-8(2,3)4/h2*6H,1-4H3,(H,10,11)/t2*6-/m11/s1. The minimum atomic E-state index is -0.559. The Morgan fingerprint density at radius 2 is 1.04 bits per heavy atom. The molecule has 2 N–H and O–H groups in total. The van der Waals surface area contributed by atoms with Crippen molar-refractivity contribution >= 4 is 12.2 Å². The van der Waals surface area contributed by atoms with Gasteiger partial charge in [-0.3, -0.25) is 0 Å². The Bertz CT molecular complexity index is 446. The van der Waals surface area contributed by atoms with Gasteiger partial charge in [0, 0.05) is 0 Å². The van der Waals surface area contributed by atoms with E-state index in [0.29, 0.717) is 0 Å². The summed E-state index contributed by atoms with van der Waals surface area (Å²) >= 11 is 0. The molecule has 0 aromatic carbocycles. The van der Waals surface area contributed by atoms with Gasteiger partial charge in [0.1, 0.15) is 23.3 Å². The second kappa shape index (κ2) is 10.3. The number of ether oxygens (including phenoxy) is 2. The van der Waals surface area contributed by atoms with Crippen LogP contribution in [0.1, 0.15) is 55.4 Å². The van der Waals surface area contributed by atoms with Gasteiger partial charge in [0.05, 0.1) is 12.1 Å². The third-order valence-electron chi connectivity index (χ3n) is 1.85. The van der Waals surface area contributed by atoms with Crippen LogP contribution in [0.25, 0.3) is 0 Å². The van der Waals surface area contributed by atoms with Crippen LogP contribution < -0.4 is 10.6 Å². The molecule has 0 radical (unpaired) electrons. The lowest BCUT2D eigenvalue weighted by molar-refractivity contribution is 0.0507. The SMILES string of the molecule is C[C@H](C#N)NC(=O)OC(C)(C)C.C[C@H](C#N)NC(=O)OC(C)(C)C. The highest BCUT2D eigenvalue weighted by Gasteiger charge is 2.17. The molecule has 0 aromatic rings. The van der Waals surface area contributed by atoms with Crippen LogP contribution in [0.5, 0.6) is 0 Å². The minimum absolute atomic E-state index is 0.514. The summed E-state index contributed by atoms with van der Waals surface area (Å²) in [7, 11) is 0. The molecule has 0 saturated carbocycles. The fraction of sp³-hybridized carbons (Fsp3) is 0.750. The molecule has 0 aliphatic heterocycles. The van der Waals surface area contributed by atoms with E-state index in [1.54, 1.807) is 55.4 Å². The molecular weight excluding hydrogens is 312 g/mol. The van der Waals surface area contributed by atoms with E-state index in [2.05, 4.69) is 10.6 Å².